The average Bonchev–Trinajstić information content (AvgIpc) is 3.69. The van der Waals surface area contributed by atoms with Gasteiger partial charge in [0.2, 0.25) is 0 Å². The Bertz CT molecular complexity index is 672. The second-order valence-corrected chi connectivity index (χ2v) is 7.51. The van der Waals surface area contributed by atoms with Crippen molar-refractivity contribution in [3.05, 3.63) is 48.5 Å². The standard InChI is InChI=1S/C24H30O6/c1(11-25-15-23-17-29-23)13-27-21-7-3-19(4-8-21)20-5-9-22(10-6-20)28-14-2-12-26-16-24-18-30-24/h3-10,23-24H,1-2,11-18H2. The van der Waals surface area contributed by atoms with Gasteiger partial charge in [-0.25, -0.2) is 0 Å². The molecular formula is C24H30O6. The van der Waals surface area contributed by atoms with E-state index in [4.69, 9.17) is 28.4 Å². The monoisotopic (exact) mass is 414 g/mol. The molecular weight excluding hydrogens is 384 g/mol. The van der Waals surface area contributed by atoms with Crippen molar-refractivity contribution in [3.8, 4) is 22.6 Å². The fourth-order valence-corrected chi connectivity index (χ4v) is 2.95. The van der Waals surface area contributed by atoms with Crippen LogP contribution >= 0.6 is 0 Å². The van der Waals surface area contributed by atoms with Crippen molar-refractivity contribution in [1.29, 1.82) is 0 Å². The van der Waals surface area contributed by atoms with Crippen molar-refractivity contribution in [1.82, 2.24) is 0 Å². The van der Waals surface area contributed by atoms with Gasteiger partial charge in [-0.05, 0) is 35.4 Å². The molecule has 6 heteroatoms. The van der Waals surface area contributed by atoms with Gasteiger partial charge in [-0.15, -0.1) is 0 Å². The van der Waals surface area contributed by atoms with Crippen LogP contribution in [0.4, 0.5) is 0 Å². The third-order valence-corrected chi connectivity index (χ3v) is 4.86. The van der Waals surface area contributed by atoms with E-state index in [-0.39, 0.29) is 0 Å². The first kappa shape index (κ1) is 21.1. The van der Waals surface area contributed by atoms with Gasteiger partial charge >= 0.3 is 0 Å². The summed E-state index contributed by atoms with van der Waals surface area (Å²) in [6.07, 6.45) is 2.39. The van der Waals surface area contributed by atoms with Crippen LogP contribution in [-0.4, -0.2) is 65.1 Å². The largest absolute Gasteiger partial charge is 0.494 e. The summed E-state index contributed by atoms with van der Waals surface area (Å²) in [5, 5.41) is 0. The lowest BCUT2D eigenvalue weighted by Gasteiger charge is -2.09. The summed E-state index contributed by atoms with van der Waals surface area (Å²) in [5.74, 6) is 1.75. The van der Waals surface area contributed by atoms with Crippen molar-refractivity contribution in [3.63, 3.8) is 0 Å². The van der Waals surface area contributed by atoms with Crippen LogP contribution in [0.3, 0.4) is 0 Å². The zero-order valence-electron chi connectivity index (χ0n) is 17.3. The summed E-state index contributed by atoms with van der Waals surface area (Å²) in [7, 11) is 0. The summed E-state index contributed by atoms with van der Waals surface area (Å²) in [5.41, 5.74) is 2.30. The van der Waals surface area contributed by atoms with E-state index in [0.717, 1.165) is 48.7 Å². The van der Waals surface area contributed by atoms with Crippen LogP contribution in [0.25, 0.3) is 11.1 Å². The van der Waals surface area contributed by atoms with Gasteiger partial charge in [0.15, 0.2) is 0 Å². The van der Waals surface area contributed by atoms with E-state index in [1.54, 1.807) is 0 Å². The Morgan fingerprint density at radius 3 is 1.37 bits per heavy atom. The highest BCUT2D eigenvalue weighted by Crippen LogP contribution is 2.25. The smallest absolute Gasteiger partial charge is 0.119 e. The van der Waals surface area contributed by atoms with E-state index in [9.17, 15) is 0 Å². The average molecular weight is 414 g/mol. The van der Waals surface area contributed by atoms with Gasteiger partial charge in [0, 0.05) is 26.1 Å². The Labute approximate surface area is 178 Å². The maximum atomic E-state index is 5.78. The topological polar surface area (TPSA) is 62.0 Å². The van der Waals surface area contributed by atoms with Crippen molar-refractivity contribution in [2.24, 2.45) is 0 Å². The van der Waals surface area contributed by atoms with Crippen molar-refractivity contribution >= 4 is 0 Å². The van der Waals surface area contributed by atoms with Gasteiger partial charge in [0.25, 0.3) is 0 Å². The number of epoxide rings is 2. The molecule has 0 radical (unpaired) electrons. The van der Waals surface area contributed by atoms with E-state index < -0.39 is 0 Å². The van der Waals surface area contributed by atoms with Crippen LogP contribution < -0.4 is 9.47 Å². The van der Waals surface area contributed by atoms with Crippen LogP contribution in [0.5, 0.6) is 11.5 Å². The fourth-order valence-electron chi connectivity index (χ4n) is 2.95. The van der Waals surface area contributed by atoms with Crippen LogP contribution in [0.1, 0.15) is 12.8 Å². The van der Waals surface area contributed by atoms with E-state index in [0.29, 0.717) is 51.8 Å². The Hall–Kier alpha value is -2.12. The minimum Gasteiger partial charge on any atom is -0.494 e. The third kappa shape index (κ3) is 7.61. The molecule has 0 bridgehead atoms. The van der Waals surface area contributed by atoms with E-state index >= 15 is 0 Å². The normalized spacial score (nSPS) is 19.5. The summed E-state index contributed by atoms with van der Waals surface area (Å²) in [4.78, 5) is 0. The summed E-state index contributed by atoms with van der Waals surface area (Å²) in [6.45, 7) is 5.78. The molecule has 6 nitrogen and oxygen atoms in total. The molecule has 2 aliphatic rings. The Balaban J connectivity index is 1.11. The van der Waals surface area contributed by atoms with Crippen molar-refractivity contribution < 1.29 is 28.4 Å². The summed E-state index contributed by atoms with van der Waals surface area (Å²) in [6, 6.07) is 16.3. The van der Waals surface area contributed by atoms with E-state index in [1.807, 2.05) is 24.3 Å². The minimum absolute atomic E-state index is 0.325. The lowest BCUT2D eigenvalue weighted by atomic mass is 10.1. The first-order valence-electron chi connectivity index (χ1n) is 10.7. The fraction of sp³-hybridized carbons (Fsp3) is 0.500. The maximum Gasteiger partial charge on any atom is 0.119 e. The molecule has 0 aliphatic carbocycles. The first-order valence-corrected chi connectivity index (χ1v) is 10.7. The van der Waals surface area contributed by atoms with E-state index in [1.165, 1.54) is 0 Å². The number of ether oxygens (including phenoxy) is 6. The number of benzene rings is 2. The van der Waals surface area contributed by atoms with Gasteiger partial charge in [-0.3, -0.25) is 0 Å². The number of hydrogen-bond acceptors (Lipinski definition) is 6. The molecule has 0 amide bonds. The van der Waals surface area contributed by atoms with Crippen LogP contribution in [0, 0.1) is 0 Å². The molecule has 0 saturated carbocycles. The highest BCUT2D eigenvalue weighted by Gasteiger charge is 2.22. The quantitative estimate of drug-likeness (QED) is 0.327. The van der Waals surface area contributed by atoms with E-state index in [2.05, 4.69) is 24.3 Å². The molecule has 0 N–H and O–H groups in total. The molecule has 2 saturated heterocycles. The van der Waals surface area contributed by atoms with Crippen molar-refractivity contribution in [2.45, 2.75) is 25.0 Å². The van der Waals surface area contributed by atoms with Crippen LogP contribution in [0.15, 0.2) is 48.5 Å². The summed E-state index contributed by atoms with van der Waals surface area (Å²) < 4.78 is 32.8. The molecule has 2 unspecified atom stereocenters. The second kappa shape index (κ2) is 11.3. The molecule has 0 spiro atoms. The minimum atomic E-state index is 0.325. The first-order chi connectivity index (χ1) is 14.9. The molecule has 162 valence electrons. The zero-order valence-corrected chi connectivity index (χ0v) is 17.3. The predicted molar refractivity (Wildman–Crippen MR) is 113 cm³/mol. The SMILES string of the molecule is c1cc(-c2ccc(OCCCOCC3CO3)cc2)ccc1OCCCOCC1CO1. The molecule has 2 aromatic rings. The molecule has 2 fully saturated rings. The molecule has 2 atom stereocenters. The molecule has 4 rings (SSSR count). The lowest BCUT2D eigenvalue weighted by Crippen LogP contribution is -2.06. The molecule has 30 heavy (non-hydrogen) atoms. The van der Waals surface area contributed by atoms with Gasteiger partial charge in [0.05, 0.1) is 39.6 Å². The molecule has 2 aliphatic heterocycles. The van der Waals surface area contributed by atoms with Gasteiger partial charge in [0.1, 0.15) is 23.7 Å². The second-order valence-electron chi connectivity index (χ2n) is 7.51. The Morgan fingerprint density at radius 2 is 1.00 bits per heavy atom. The zero-order chi connectivity index (χ0) is 20.4. The molecule has 0 aromatic heterocycles. The number of hydrogen-bond donors (Lipinski definition) is 0. The summed E-state index contributed by atoms with van der Waals surface area (Å²) >= 11 is 0. The molecule has 2 aromatic carbocycles. The number of rotatable bonds is 15. The van der Waals surface area contributed by atoms with Gasteiger partial charge in [-0.2, -0.15) is 0 Å². The molecule has 2 heterocycles. The highest BCUT2D eigenvalue weighted by molar-refractivity contribution is 5.64. The Morgan fingerprint density at radius 1 is 0.600 bits per heavy atom. The van der Waals surface area contributed by atoms with Crippen LogP contribution in [0.2, 0.25) is 0 Å². The third-order valence-electron chi connectivity index (χ3n) is 4.86. The van der Waals surface area contributed by atoms with Crippen molar-refractivity contribution in [2.75, 3.05) is 52.9 Å². The van der Waals surface area contributed by atoms with Gasteiger partial charge < -0.3 is 28.4 Å². The highest BCUT2D eigenvalue weighted by atomic mass is 16.6. The van der Waals surface area contributed by atoms with Crippen LogP contribution in [-0.2, 0) is 18.9 Å². The lowest BCUT2D eigenvalue weighted by molar-refractivity contribution is 0.104. The van der Waals surface area contributed by atoms with Gasteiger partial charge in [-0.1, -0.05) is 24.3 Å². The maximum absolute atomic E-state index is 5.78. The Kier molecular flexibility index (Phi) is 7.97. The predicted octanol–water partition coefficient (Wildman–Crippen LogP) is 3.72.